The van der Waals surface area contributed by atoms with Gasteiger partial charge in [0, 0.05) is 23.1 Å². The molecule has 0 radical (unpaired) electrons. The molecule has 0 fully saturated rings. The zero-order valence-corrected chi connectivity index (χ0v) is 19.4. The molecule has 0 aliphatic rings. The second kappa shape index (κ2) is 11.6. The van der Waals surface area contributed by atoms with Crippen LogP contribution in [-0.4, -0.2) is 18.7 Å². The second-order valence-corrected chi connectivity index (χ2v) is 8.13. The maximum atomic E-state index is 11.9. The summed E-state index contributed by atoms with van der Waals surface area (Å²) in [5.74, 6) is 1.63. The number of amides is 1. The Morgan fingerprint density at radius 1 is 1.19 bits per heavy atom. The molecule has 3 aromatic rings. The highest BCUT2D eigenvalue weighted by Gasteiger charge is 2.07. The minimum Gasteiger partial charge on any atom is -0.484 e. The first-order valence-electron chi connectivity index (χ1n) is 9.79. The highest BCUT2D eigenvalue weighted by molar-refractivity contribution is 9.10. The number of rotatable bonds is 10. The van der Waals surface area contributed by atoms with Crippen LogP contribution >= 0.6 is 27.5 Å². The first kappa shape index (κ1) is 22.9. The fourth-order valence-corrected chi connectivity index (χ4v) is 3.30. The summed E-state index contributed by atoms with van der Waals surface area (Å²) in [5.41, 5.74) is 4.48. The van der Waals surface area contributed by atoms with Crippen molar-refractivity contribution in [1.82, 2.24) is 5.43 Å². The molecule has 0 aliphatic heterocycles. The Hall–Kier alpha value is -2.77. The van der Waals surface area contributed by atoms with E-state index in [-0.39, 0.29) is 12.5 Å². The van der Waals surface area contributed by atoms with Crippen molar-refractivity contribution in [3.8, 4) is 5.75 Å². The molecule has 0 aliphatic carbocycles. The second-order valence-electron chi connectivity index (χ2n) is 6.81. The number of hydrogen-bond donors (Lipinski definition) is 2. The van der Waals surface area contributed by atoms with Crippen LogP contribution in [0, 0.1) is 6.92 Å². The number of carbonyl (C=O) groups excluding carboxylic acids is 1. The van der Waals surface area contributed by atoms with Crippen molar-refractivity contribution in [2.24, 2.45) is 5.10 Å². The number of halogens is 2. The van der Waals surface area contributed by atoms with E-state index in [2.05, 4.69) is 31.8 Å². The van der Waals surface area contributed by atoms with Gasteiger partial charge in [0.25, 0.3) is 0 Å². The first-order chi connectivity index (χ1) is 15.0. The summed E-state index contributed by atoms with van der Waals surface area (Å²) in [5, 5.41) is 7.77. The summed E-state index contributed by atoms with van der Waals surface area (Å²) in [7, 11) is 0. The average Bonchev–Trinajstić information content (AvgIpc) is 3.20. The number of hydrazone groups is 1. The number of nitrogens with one attached hydrogen (secondary N) is 2. The van der Waals surface area contributed by atoms with Gasteiger partial charge in [-0.15, -0.1) is 0 Å². The number of para-hydroxylation sites is 1. The van der Waals surface area contributed by atoms with Gasteiger partial charge >= 0.3 is 0 Å². The van der Waals surface area contributed by atoms with Gasteiger partial charge in [0.2, 0.25) is 5.91 Å². The number of ether oxygens (including phenoxy) is 1. The number of carbonyl (C=O) groups is 1. The first-order valence-corrected chi connectivity index (χ1v) is 11.0. The highest BCUT2D eigenvalue weighted by Crippen LogP contribution is 2.28. The van der Waals surface area contributed by atoms with Crippen LogP contribution in [0.15, 0.2) is 68.6 Å². The summed E-state index contributed by atoms with van der Waals surface area (Å²) in [6.45, 7) is 2.88. The van der Waals surface area contributed by atoms with Gasteiger partial charge in [-0.2, -0.15) is 5.10 Å². The Labute approximate surface area is 194 Å². The van der Waals surface area contributed by atoms with Gasteiger partial charge in [-0.05, 0) is 61.4 Å². The minimum atomic E-state index is -0.154. The van der Waals surface area contributed by atoms with Crippen LogP contribution in [0.1, 0.15) is 29.9 Å². The zero-order valence-electron chi connectivity index (χ0n) is 17.0. The van der Waals surface area contributed by atoms with Crippen LogP contribution in [0.4, 0.5) is 5.69 Å². The smallest absolute Gasteiger partial charge is 0.240 e. The van der Waals surface area contributed by atoms with Gasteiger partial charge < -0.3 is 14.5 Å². The third-order valence-corrected chi connectivity index (χ3v) is 5.17. The Morgan fingerprint density at radius 3 is 2.77 bits per heavy atom. The molecule has 0 unspecified atom stereocenters. The lowest BCUT2D eigenvalue weighted by Crippen LogP contribution is -2.18. The molecule has 1 aromatic heterocycles. The van der Waals surface area contributed by atoms with Crippen molar-refractivity contribution in [1.29, 1.82) is 0 Å². The number of benzene rings is 2. The van der Waals surface area contributed by atoms with Crippen molar-refractivity contribution in [3.05, 3.63) is 81.2 Å². The van der Waals surface area contributed by atoms with E-state index in [0.29, 0.717) is 41.7 Å². The predicted octanol–water partition coefficient (Wildman–Crippen LogP) is 5.93. The van der Waals surface area contributed by atoms with Crippen LogP contribution < -0.4 is 15.5 Å². The molecule has 31 heavy (non-hydrogen) atoms. The Kier molecular flexibility index (Phi) is 8.55. The van der Waals surface area contributed by atoms with Crippen molar-refractivity contribution in [3.63, 3.8) is 0 Å². The fraction of sp³-hybridized carbons (Fsp3) is 0.217. The average molecular weight is 505 g/mol. The summed E-state index contributed by atoms with van der Waals surface area (Å²) in [6.07, 6.45) is 2.53. The molecule has 0 atom stereocenters. The molecule has 2 N–H and O–H groups in total. The topological polar surface area (TPSA) is 75.9 Å². The number of anilines is 1. The highest BCUT2D eigenvalue weighted by atomic mass is 79.9. The molecular formula is C23H23BrClN3O3. The Bertz CT molecular complexity index is 1010. The predicted molar refractivity (Wildman–Crippen MR) is 127 cm³/mol. The quantitative estimate of drug-likeness (QED) is 0.204. The van der Waals surface area contributed by atoms with Crippen molar-refractivity contribution in [2.45, 2.75) is 26.4 Å². The molecule has 8 heteroatoms. The van der Waals surface area contributed by atoms with Crippen molar-refractivity contribution >= 4 is 45.3 Å². The lowest BCUT2D eigenvalue weighted by atomic mass is 10.2. The van der Waals surface area contributed by atoms with Gasteiger partial charge in [-0.25, -0.2) is 5.43 Å². The molecule has 0 bridgehead atoms. The Morgan fingerprint density at radius 2 is 2.00 bits per heavy atom. The monoisotopic (exact) mass is 503 g/mol. The maximum absolute atomic E-state index is 11.9. The lowest BCUT2D eigenvalue weighted by molar-refractivity contribution is -0.121. The number of furan rings is 1. The molecule has 3 rings (SSSR count). The van der Waals surface area contributed by atoms with E-state index in [1.807, 2.05) is 43.3 Å². The summed E-state index contributed by atoms with van der Waals surface area (Å²) in [4.78, 5) is 11.9. The molecule has 0 saturated heterocycles. The summed E-state index contributed by atoms with van der Waals surface area (Å²) in [6, 6.07) is 17.0. The largest absolute Gasteiger partial charge is 0.484 e. The zero-order chi connectivity index (χ0) is 22.1. The molecule has 2 aromatic carbocycles. The number of nitrogens with zero attached hydrogens (tertiary/aromatic N) is 1. The number of hydrogen-bond acceptors (Lipinski definition) is 5. The van der Waals surface area contributed by atoms with E-state index in [4.69, 9.17) is 20.8 Å². The standard InChI is InChI=1S/C23H23BrClN3O3/c1-16-4-2-5-21(25)23(16)30-15-20-12-11-19(31-20)14-27-28-22(29)6-3-13-26-18-9-7-17(24)8-10-18/h2,4-5,7-12,14,26H,3,6,13,15H2,1H3,(H,28,29)/b27-14-. The molecular weight excluding hydrogens is 482 g/mol. The van der Waals surface area contributed by atoms with E-state index in [0.717, 1.165) is 15.7 Å². The third-order valence-electron chi connectivity index (χ3n) is 4.34. The normalized spacial score (nSPS) is 10.9. The summed E-state index contributed by atoms with van der Waals surface area (Å²) >= 11 is 9.56. The van der Waals surface area contributed by atoms with E-state index >= 15 is 0 Å². The third kappa shape index (κ3) is 7.45. The molecule has 0 saturated carbocycles. The summed E-state index contributed by atoms with van der Waals surface area (Å²) < 4.78 is 12.4. The van der Waals surface area contributed by atoms with Gasteiger partial charge in [-0.1, -0.05) is 39.7 Å². The van der Waals surface area contributed by atoms with E-state index in [9.17, 15) is 4.79 Å². The van der Waals surface area contributed by atoms with Crippen LogP contribution in [0.5, 0.6) is 5.75 Å². The van der Waals surface area contributed by atoms with E-state index < -0.39 is 0 Å². The van der Waals surface area contributed by atoms with Gasteiger partial charge in [0.05, 0.1) is 11.2 Å². The molecule has 1 amide bonds. The van der Waals surface area contributed by atoms with E-state index in [1.54, 1.807) is 18.2 Å². The van der Waals surface area contributed by atoms with Crippen LogP contribution in [0.3, 0.4) is 0 Å². The molecule has 0 spiro atoms. The molecule has 1 heterocycles. The van der Waals surface area contributed by atoms with E-state index in [1.165, 1.54) is 6.21 Å². The van der Waals surface area contributed by atoms with Gasteiger partial charge in [0.15, 0.2) is 0 Å². The molecule has 162 valence electrons. The Balaban J connectivity index is 1.36. The van der Waals surface area contributed by atoms with Crippen LogP contribution in [0.25, 0.3) is 0 Å². The SMILES string of the molecule is Cc1cccc(Cl)c1OCc1ccc(/C=N\NC(=O)CCCNc2ccc(Br)cc2)o1. The van der Waals surface area contributed by atoms with Gasteiger partial charge in [0.1, 0.15) is 23.9 Å². The van der Waals surface area contributed by atoms with Crippen molar-refractivity contribution in [2.75, 3.05) is 11.9 Å². The van der Waals surface area contributed by atoms with Crippen LogP contribution in [0.2, 0.25) is 5.02 Å². The number of aryl methyl sites for hydroxylation is 1. The fourth-order valence-electron chi connectivity index (χ4n) is 2.76. The van der Waals surface area contributed by atoms with Crippen molar-refractivity contribution < 1.29 is 13.9 Å². The minimum absolute atomic E-state index is 0.154. The molecule has 6 nitrogen and oxygen atoms in total. The maximum Gasteiger partial charge on any atom is 0.240 e. The van der Waals surface area contributed by atoms with Crippen LogP contribution in [-0.2, 0) is 11.4 Å². The van der Waals surface area contributed by atoms with Gasteiger partial charge in [-0.3, -0.25) is 4.79 Å². The lowest BCUT2D eigenvalue weighted by Gasteiger charge is -2.09.